The smallest absolute Gasteiger partial charge is 0.311 e. The lowest BCUT2D eigenvalue weighted by atomic mass is 10.1. The summed E-state index contributed by atoms with van der Waals surface area (Å²) in [5.74, 6) is -0.476. The number of aromatic nitrogens is 1. The molecule has 17 heavy (non-hydrogen) atoms. The highest BCUT2D eigenvalue weighted by Crippen LogP contribution is 2.31. The van der Waals surface area contributed by atoms with E-state index in [0.717, 1.165) is 6.07 Å². The summed E-state index contributed by atoms with van der Waals surface area (Å²) in [7, 11) is 2.53. The number of hydrogen-bond acceptors (Lipinski definition) is 4. The van der Waals surface area contributed by atoms with Crippen LogP contribution in [0, 0.1) is 6.92 Å². The maximum Gasteiger partial charge on any atom is 0.311 e. The highest BCUT2D eigenvalue weighted by atomic mass is 19.3. The average molecular weight is 245 g/mol. The van der Waals surface area contributed by atoms with Crippen LogP contribution in [0.2, 0.25) is 0 Å². The van der Waals surface area contributed by atoms with Gasteiger partial charge in [0.25, 0.3) is 6.43 Å². The molecule has 0 aliphatic carbocycles. The van der Waals surface area contributed by atoms with Gasteiger partial charge in [-0.25, -0.2) is 8.78 Å². The molecule has 0 fully saturated rings. The molecule has 0 unspecified atom stereocenters. The fourth-order valence-corrected chi connectivity index (χ4v) is 1.49. The minimum absolute atomic E-state index is 0.0496. The van der Waals surface area contributed by atoms with Gasteiger partial charge in [-0.3, -0.25) is 9.78 Å². The van der Waals surface area contributed by atoms with E-state index in [4.69, 9.17) is 4.74 Å². The van der Waals surface area contributed by atoms with E-state index in [2.05, 4.69) is 9.72 Å². The van der Waals surface area contributed by atoms with E-state index >= 15 is 0 Å². The van der Waals surface area contributed by atoms with Crippen LogP contribution >= 0.6 is 0 Å². The van der Waals surface area contributed by atoms with Crippen molar-refractivity contribution in [3.8, 4) is 5.75 Å². The second-order valence-corrected chi connectivity index (χ2v) is 3.38. The number of aryl methyl sites for hydroxylation is 1. The Morgan fingerprint density at radius 3 is 2.59 bits per heavy atom. The number of rotatable bonds is 4. The van der Waals surface area contributed by atoms with E-state index < -0.39 is 12.4 Å². The summed E-state index contributed by atoms with van der Waals surface area (Å²) in [6.07, 6.45) is -2.82. The van der Waals surface area contributed by atoms with Crippen molar-refractivity contribution in [3.05, 3.63) is 23.0 Å². The van der Waals surface area contributed by atoms with Crippen LogP contribution in [-0.4, -0.2) is 25.2 Å². The van der Waals surface area contributed by atoms with Gasteiger partial charge in [0.2, 0.25) is 0 Å². The highest BCUT2D eigenvalue weighted by molar-refractivity contribution is 5.72. The summed E-state index contributed by atoms with van der Waals surface area (Å²) < 4.78 is 34.9. The Morgan fingerprint density at radius 1 is 1.47 bits per heavy atom. The third-order valence-electron chi connectivity index (χ3n) is 2.22. The summed E-state index contributed by atoms with van der Waals surface area (Å²) in [5.41, 5.74) is 0.300. The molecule has 0 amide bonds. The van der Waals surface area contributed by atoms with Gasteiger partial charge in [0, 0.05) is 0 Å². The number of pyridine rings is 1. The number of nitrogens with zero attached hydrogens (tertiary/aromatic N) is 1. The Hall–Kier alpha value is -1.72. The largest absolute Gasteiger partial charge is 0.494 e. The van der Waals surface area contributed by atoms with Crippen molar-refractivity contribution in [1.82, 2.24) is 4.98 Å². The molecule has 1 heterocycles. The molecule has 4 nitrogen and oxygen atoms in total. The van der Waals surface area contributed by atoms with Gasteiger partial charge in [-0.2, -0.15) is 0 Å². The molecule has 6 heteroatoms. The molecule has 0 radical (unpaired) electrons. The number of carbonyl (C=O) groups is 1. The Labute approximate surface area is 97.6 Å². The molecule has 94 valence electrons. The van der Waals surface area contributed by atoms with Crippen LogP contribution < -0.4 is 4.74 Å². The molecular weight excluding hydrogens is 232 g/mol. The van der Waals surface area contributed by atoms with Gasteiger partial charge in [-0.05, 0) is 13.0 Å². The third-order valence-corrected chi connectivity index (χ3v) is 2.22. The number of esters is 1. The first-order chi connectivity index (χ1) is 7.99. The molecule has 1 aromatic heterocycles. The van der Waals surface area contributed by atoms with E-state index in [1.54, 1.807) is 6.92 Å². The quantitative estimate of drug-likeness (QED) is 0.762. The molecule has 1 aromatic rings. The van der Waals surface area contributed by atoms with E-state index in [1.165, 1.54) is 14.2 Å². The van der Waals surface area contributed by atoms with Crippen LogP contribution in [0.25, 0.3) is 0 Å². The van der Waals surface area contributed by atoms with Crippen molar-refractivity contribution < 1.29 is 23.0 Å². The Balaban J connectivity index is 3.15. The summed E-state index contributed by atoms with van der Waals surface area (Å²) in [4.78, 5) is 15.1. The van der Waals surface area contributed by atoms with Crippen LogP contribution in [0.3, 0.4) is 0 Å². The molecular formula is C11H13F2NO3. The lowest BCUT2D eigenvalue weighted by molar-refractivity contribution is -0.139. The fourth-order valence-electron chi connectivity index (χ4n) is 1.49. The summed E-state index contributed by atoms with van der Waals surface area (Å²) in [6, 6.07) is 1.16. The second kappa shape index (κ2) is 5.56. The van der Waals surface area contributed by atoms with Gasteiger partial charge in [0.05, 0.1) is 37.6 Å². The Kier molecular flexibility index (Phi) is 4.37. The average Bonchev–Trinajstić information content (AvgIpc) is 2.28. The van der Waals surface area contributed by atoms with Gasteiger partial charge in [0.15, 0.2) is 0 Å². The number of halogens is 2. The van der Waals surface area contributed by atoms with Crippen molar-refractivity contribution in [2.45, 2.75) is 19.8 Å². The first-order valence-corrected chi connectivity index (χ1v) is 4.89. The van der Waals surface area contributed by atoms with Crippen LogP contribution in [0.4, 0.5) is 8.78 Å². The van der Waals surface area contributed by atoms with Crippen LogP contribution in [0.5, 0.6) is 5.75 Å². The number of hydrogen-bond donors (Lipinski definition) is 0. The first-order valence-electron chi connectivity index (χ1n) is 4.89. The van der Waals surface area contributed by atoms with Crippen molar-refractivity contribution in [3.63, 3.8) is 0 Å². The minimum Gasteiger partial charge on any atom is -0.494 e. The standard InChI is InChI=1S/C11H13F2NO3/c1-6-10(17-3)8(11(12)13)4-7(14-6)5-9(15)16-2/h4,11H,5H2,1-3H3. The predicted molar refractivity (Wildman–Crippen MR) is 56.2 cm³/mol. The molecule has 0 aliphatic heterocycles. The van der Waals surface area contributed by atoms with Gasteiger partial charge in [-0.1, -0.05) is 0 Å². The topological polar surface area (TPSA) is 48.4 Å². The first kappa shape index (κ1) is 13.3. The number of carbonyl (C=O) groups excluding carboxylic acids is 1. The SMILES string of the molecule is COC(=O)Cc1cc(C(F)F)c(OC)c(C)n1. The predicted octanol–water partition coefficient (Wildman–Crippen LogP) is 2.05. The molecule has 0 aromatic carbocycles. The molecule has 1 rings (SSSR count). The lowest BCUT2D eigenvalue weighted by Crippen LogP contribution is -2.08. The van der Waals surface area contributed by atoms with Crippen LogP contribution in [-0.2, 0) is 16.0 Å². The minimum atomic E-state index is -2.68. The van der Waals surface area contributed by atoms with Gasteiger partial charge >= 0.3 is 5.97 Å². The van der Waals surface area contributed by atoms with E-state index in [1.807, 2.05) is 0 Å². The summed E-state index contributed by atoms with van der Waals surface area (Å²) in [5, 5.41) is 0. The number of methoxy groups -OCH3 is 2. The second-order valence-electron chi connectivity index (χ2n) is 3.38. The van der Waals surface area contributed by atoms with Crippen LogP contribution in [0.15, 0.2) is 6.07 Å². The highest BCUT2D eigenvalue weighted by Gasteiger charge is 2.19. The zero-order valence-electron chi connectivity index (χ0n) is 9.79. The van der Waals surface area contributed by atoms with E-state index in [-0.39, 0.29) is 23.4 Å². The zero-order valence-corrected chi connectivity index (χ0v) is 9.79. The maximum atomic E-state index is 12.8. The zero-order chi connectivity index (χ0) is 13.0. The van der Waals surface area contributed by atoms with Crippen molar-refractivity contribution in [1.29, 1.82) is 0 Å². The van der Waals surface area contributed by atoms with Gasteiger partial charge in [-0.15, -0.1) is 0 Å². The number of ether oxygens (including phenoxy) is 2. The summed E-state index contributed by atoms with van der Waals surface area (Å²) in [6.45, 7) is 1.55. The Morgan fingerprint density at radius 2 is 2.12 bits per heavy atom. The molecule has 0 N–H and O–H groups in total. The Bertz CT molecular complexity index is 421. The van der Waals surface area contributed by atoms with Crippen LogP contribution in [0.1, 0.15) is 23.4 Å². The van der Waals surface area contributed by atoms with Crippen molar-refractivity contribution in [2.75, 3.05) is 14.2 Å². The lowest BCUT2D eigenvalue weighted by Gasteiger charge is -2.12. The molecule has 0 spiro atoms. The van der Waals surface area contributed by atoms with Crippen molar-refractivity contribution >= 4 is 5.97 Å². The van der Waals surface area contributed by atoms with E-state index in [0.29, 0.717) is 5.69 Å². The molecule has 0 aliphatic rings. The number of alkyl halides is 2. The normalized spacial score (nSPS) is 10.5. The van der Waals surface area contributed by atoms with Gasteiger partial charge in [0.1, 0.15) is 5.75 Å². The molecule has 0 atom stereocenters. The summed E-state index contributed by atoms with van der Waals surface area (Å²) >= 11 is 0. The molecule has 0 saturated carbocycles. The fraction of sp³-hybridized carbons (Fsp3) is 0.455. The molecule has 0 saturated heterocycles. The maximum absolute atomic E-state index is 12.8. The van der Waals surface area contributed by atoms with Crippen molar-refractivity contribution in [2.24, 2.45) is 0 Å². The van der Waals surface area contributed by atoms with Gasteiger partial charge < -0.3 is 9.47 Å². The van der Waals surface area contributed by atoms with E-state index in [9.17, 15) is 13.6 Å². The third kappa shape index (κ3) is 3.12. The molecule has 0 bridgehead atoms. The monoisotopic (exact) mass is 245 g/mol.